The molecule has 0 fully saturated rings. The second-order valence-corrected chi connectivity index (χ2v) is 17.0. The SMILES string of the molecule is CCC=CCC=CCC=CCC=CCC=CCCCC(=O)OCC(COC(=O)CCCCCCCC=CCC=CCCCCC)OC(=O)CCCCCCCC=CCC=CCCCCC. The van der Waals surface area contributed by atoms with Gasteiger partial charge < -0.3 is 14.2 Å². The maximum absolute atomic E-state index is 12.8. The molecule has 0 aromatic carbocycles. The number of allylic oxidation sites excluding steroid dienone is 18. The van der Waals surface area contributed by atoms with Gasteiger partial charge >= 0.3 is 17.9 Å². The van der Waals surface area contributed by atoms with Crippen LogP contribution in [0.2, 0.25) is 0 Å². The minimum Gasteiger partial charge on any atom is -0.462 e. The van der Waals surface area contributed by atoms with Gasteiger partial charge in [0.25, 0.3) is 0 Å². The maximum atomic E-state index is 12.8. The molecule has 0 spiro atoms. The van der Waals surface area contributed by atoms with E-state index < -0.39 is 6.10 Å². The van der Waals surface area contributed by atoms with Crippen LogP contribution in [0.3, 0.4) is 0 Å². The lowest BCUT2D eigenvalue weighted by atomic mass is 10.1. The molecule has 0 heterocycles. The standard InChI is InChI=1S/C59H96O6/c1-4-7-10-13-16-19-22-25-28-29-32-34-37-40-43-46-49-52-58(61)64-55-56(65-59(62)53-50-47-44-41-38-35-31-27-24-21-18-15-12-9-6-3)54-63-57(60)51-48-45-42-39-36-33-30-26-23-20-17-14-11-8-5-2/h7,10,16-21,25-28,30-32,34,40,43,56H,4-6,8-9,11-15,22-24,29,33,35-39,41-42,44-55H2,1-3H3. The lowest BCUT2D eigenvalue weighted by Crippen LogP contribution is -2.30. The third kappa shape index (κ3) is 50.9. The van der Waals surface area contributed by atoms with Crippen molar-refractivity contribution >= 4 is 17.9 Å². The van der Waals surface area contributed by atoms with Gasteiger partial charge in [0.15, 0.2) is 6.10 Å². The lowest BCUT2D eigenvalue weighted by molar-refractivity contribution is -0.167. The molecule has 6 nitrogen and oxygen atoms in total. The van der Waals surface area contributed by atoms with E-state index >= 15 is 0 Å². The van der Waals surface area contributed by atoms with Crippen molar-refractivity contribution in [1.82, 2.24) is 0 Å². The molecular formula is C59H96O6. The van der Waals surface area contributed by atoms with E-state index in [0.29, 0.717) is 19.3 Å². The van der Waals surface area contributed by atoms with Crippen molar-refractivity contribution in [3.05, 3.63) is 109 Å². The molecule has 0 aliphatic rings. The number of carbonyl (C=O) groups excluding carboxylic acids is 3. The van der Waals surface area contributed by atoms with Crippen molar-refractivity contribution in [2.24, 2.45) is 0 Å². The summed E-state index contributed by atoms with van der Waals surface area (Å²) in [6.07, 6.45) is 70.7. The summed E-state index contributed by atoms with van der Waals surface area (Å²) in [7, 11) is 0. The van der Waals surface area contributed by atoms with E-state index in [9.17, 15) is 14.4 Å². The largest absolute Gasteiger partial charge is 0.462 e. The van der Waals surface area contributed by atoms with Gasteiger partial charge in [0.05, 0.1) is 0 Å². The Balaban J connectivity index is 4.54. The summed E-state index contributed by atoms with van der Waals surface area (Å²) in [6, 6.07) is 0. The Morgan fingerprint density at radius 3 is 1.00 bits per heavy atom. The predicted molar refractivity (Wildman–Crippen MR) is 279 cm³/mol. The van der Waals surface area contributed by atoms with Crippen LogP contribution >= 0.6 is 0 Å². The van der Waals surface area contributed by atoms with Gasteiger partial charge in [0.2, 0.25) is 0 Å². The molecule has 0 aromatic heterocycles. The molecule has 0 radical (unpaired) electrons. The lowest BCUT2D eigenvalue weighted by Gasteiger charge is -2.18. The van der Waals surface area contributed by atoms with Gasteiger partial charge in [0, 0.05) is 19.3 Å². The Labute approximate surface area is 400 Å². The fourth-order valence-electron chi connectivity index (χ4n) is 6.77. The molecule has 0 bridgehead atoms. The van der Waals surface area contributed by atoms with Crippen molar-refractivity contribution in [3.8, 4) is 0 Å². The van der Waals surface area contributed by atoms with Crippen LogP contribution in [0.1, 0.15) is 226 Å². The first-order chi connectivity index (χ1) is 32.0. The van der Waals surface area contributed by atoms with Crippen LogP contribution in [0.15, 0.2) is 109 Å². The molecule has 368 valence electrons. The normalized spacial score (nSPS) is 13.0. The van der Waals surface area contributed by atoms with Crippen molar-refractivity contribution in [1.29, 1.82) is 0 Å². The van der Waals surface area contributed by atoms with Gasteiger partial charge in [-0.05, 0) is 122 Å². The predicted octanol–water partition coefficient (Wildman–Crippen LogP) is 17.5. The second kappa shape index (κ2) is 52.7. The molecule has 0 aliphatic carbocycles. The minimum atomic E-state index is -0.816. The highest BCUT2D eigenvalue weighted by atomic mass is 16.6. The summed E-state index contributed by atoms with van der Waals surface area (Å²) < 4.78 is 16.7. The van der Waals surface area contributed by atoms with E-state index in [2.05, 4.69) is 130 Å². The first kappa shape index (κ1) is 61.1. The highest BCUT2D eigenvalue weighted by molar-refractivity contribution is 5.71. The average Bonchev–Trinajstić information content (AvgIpc) is 3.30. The van der Waals surface area contributed by atoms with Gasteiger partial charge in [-0.25, -0.2) is 0 Å². The van der Waals surface area contributed by atoms with Gasteiger partial charge in [-0.1, -0.05) is 194 Å². The Hall–Kier alpha value is -3.93. The zero-order valence-corrected chi connectivity index (χ0v) is 42.0. The molecule has 65 heavy (non-hydrogen) atoms. The first-order valence-corrected chi connectivity index (χ1v) is 26.4. The highest BCUT2D eigenvalue weighted by Gasteiger charge is 2.19. The van der Waals surface area contributed by atoms with Crippen LogP contribution in [0.4, 0.5) is 0 Å². The number of rotatable bonds is 46. The van der Waals surface area contributed by atoms with E-state index in [-0.39, 0.29) is 37.5 Å². The Kier molecular flexibility index (Phi) is 49.5. The summed E-state index contributed by atoms with van der Waals surface area (Å²) in [5.41, 5.74) is 0. The fourth-order valence-corrected chi connectivity index (χ4v) is 6.77. The van der Waals surface area contributed by atoms with Crippen LogP contribution in [0, 0.1) is 0 Å². The topological polar surface area (TPSA) is 78.9 Å². The Bertz CT molecular complexity index is 1360. The number of unbranched alkanes of at least 4 members (excludes halogenated alkanes) is 17. The van der Waals surface area contributed by atoms with E-state index in [4.69, 9.17) is 14.2 Å². The second-order valence-electron chi connectivity index (χ2n) is 17.0. The summed E-state index contributed by atoms with van der Waals surface area (Å²) in [4.78, 5) is 38.0. The quantitative estimate of drug-likeness (QED) is 0.0262. The van der Waals surface area contributed by atoms with Gasteiger partial charge in [-0.2, -0.15) is 0 Å². The summed E-state index contributed by atoms with van der Waals surface area (Å²) >= 11 is 0. The molecule has 0 saturated carbocycles. The van der Waals surface area contributed by atoms with Gasteiger partial charge in [-0.15, -0.1) is 0 Å². The number of carbonyl (C=O) groups is 3. The molecular weight excluding hydrogens is 805 g/mol. The first-order valence-electron chi connectivity index (χ1n) is 26.4. The molecule has 0 amide bonds. The summed E-state index contributed by atoms with van der Waals surface area (Å²) in [5.74, 6) is -1.00. The van der Waals surface area contributed by atoms with E-state index in [1.165, 1.54) is 51.4 Å². The molecule has 6 heteroatoms. The third-order valence-corrected chi connectivity index (χ3v) is 10.7. The van der Waals surface area contributed by atoms with Crippen LogP contribution in [0.25, 0.3) is 0 Å². The molecule has 1 atom stereocenters. The van der Waals surface area contributed by atoms with Crippen molar-refractivity contribution in [2.75, 3.05) is 13.2 Å². The molecule has 0 rings (SSSR count). The smallest absolute Gasteiger partial charge is 0.306 e. The van der Waals surface area contributed by atoms with Crippen molar-refractivity contribution < 1.29 is 28.6 Å². The number of hydrogen-bond donors (Lipinski definition) is 0. The van der Waals surface area contributed by atoms with Crippen LogP contribution in [-0.2, 0) is 28.6 Å². The zero-order chi connectivity index (χ0) is 47.2. The third-order valence-electron chi connectivity index (χ3n) is 10.7. The van der Waals surface area contributed by atoms with Gasteiger partial charge in [-0.3, -0.25) is 14.4 Å². The fraction of sp³-hybridized carbons (Fsp3) is 0.644. The number of esters is 3. The maximum Gasteiger partial charge on any atom is 0.306 e. The van der Waals surface area contributed by atoms with Crippen molar-refractivity contribution in [2.45, 2.75) is 232 Å². The van der Waals surface area contributed by atoms with Crippen LogP contribution in [-0.4, -0.2) is 37.2 Å². The van der Waals surface area contributed by atoms with E-state index in [1.807, 2.05) is 0 Å². The van der Waals surface area contributed by atoms with Crippen LogP contribution in [0.5, 0.6) is 0 Å². The van der Waals surface area contributed by atoms with Gasteiger partial charge in [0.1, 0.15) is 13.2 Å². The van der Waals surface area contributed by atoms with Crippen LogP contribution < -0.4 is 0 Å². The van der Waals surface area contributed by atoms with E-state index in [1.54, 1.807) is 0 Å². The van der Waals surface area contributed by atoms with E-state index in [0.717, 1.165) is 128 Å². The highest BCUT2D eigenvalue weighted by Crippen LogP contribution is 2.12. The Morgan fingerprint density at radius 1 is 0.323 bits per heavy atom. The molecule has 0 saturated heterocycles. The minimum absolute atomic E-state index is 0.111. The average molecular weight is 901 g/mol. The zero-order valence-electron chi connectivity index (χ0n) is 42.0. The molecule has 0 aliphatic heterocycles. The molecule has 0 aromatic rings. The summed E-state index contributed by atoms with van der Waals surface area (Å²) in [6.45, 7) is 6.39. The summed E-state index contributed by atoms with van der Waals surface area (Å²) in [5, 5.41) is 0. The van der Waals surface area contributed by atoms with Crippen molar-refractivity contribution in [3.63, 3.8) is 0 Å². The number of hydrogen-bond acceptors (Lipinski definition) is 6. The monoisotopic (exact) mass is 901 g/mol. The Morgan fingerprint density at radius 2 is 0.615 bits per heavy atom. The molecule has 1 unspecified atom stereocenters. The number of ether oxygens (including phenoxy) is 3. The molecule has 0 N–H and O–H groups in total.